The molecule has 1 unspecified atom stereocenters. The van der Waals surface area contributed by atoms with Crippen LogP contribution in [0.1, 0.15) is 59.8 Å². The number of unbranched alkanes of at least 4 members (excludes halogenated alkanes) is 2. The fourth-order valence-electron chi connectivity index (χ4n) is 1.89. The highest BCUT2D eigenvalue weighted by Crippen LogP contribution is 2.03. The average Bonchev–Trinajstić information content (AvgIpc) is 2.37. The van der Waals surface area contributed by atoms with Gasteiger partial charge in [0.25, 0.3) is 0 Å². The molecule has 1 N–H and O–H groups in total. The van der Waals surface area contributed by atoms with Gasteiger partial charge in [-0.25, -0.2) is 0 Å². The molecule has 0 radical (unpaired) electrons. The van der Waals surface area contributed by atoms with Gasteiger partial charge in [-0.2, -0.15) is 0 Å². The Morgan fingerprint density at radius 3 is 2.11 bits per heavy atom. The van der Waals surface area contributed by atoms with Crippen LogP contribution < -0.4 is 5.32 Å². The minimum Gasteiger partial charge on any atom is -0.350 e. The summed E-state index contributed by atoms with van der Waals surface area (Å²) in [6.07, 6.45) is 6.01. The Bertz CT molecular complexity index is 255. The second-order valence-electron chi connectivity index (χ2n) is 5.49. The summed E-state index contributed by atoms with van der Waals surface area (Å²) in [4.78, 5) is 14.0. The normalized spacial score (nSPS) is 12.5. The summed E-state index contributed by atoms with van der Waals surface area (Å²) >= 11 is 0. The molecule has 3 nitrogen and oxygen atoms in total. The van der Waals surface area contributed by atoms with Crippen LogP contribution in [0.3, 0.4) is 0 Å². The lowest BCUT2D eigenvalue weighted by molar-refractivity contribution is -0.118. The third-order valence-corrected chi connectivity index (χ3v) is 3.30. The van der Waals surface area contributed by atoms with Crippen molar-refractivity contribution in [2.24, 2.45) is 0 Å². The molecule has 19 heavy (non-hydrogen) atoms. The van der Waals surface area contributed by atoms with Gasteiger partial charge in [-0.15, -0.1) is 0 Å². The first kappa shape index (κ1) is 18.2. The lowest BCUT2D eigenvalue weighted by Gasteiger charge is -2.24. The summed E-state index contributed by atoms with van der Waals surface area (Å²) in [6.45, 7) is 15.4. The Kier molecular flexibility index (Phi) is 10.6. The van der Waals surface area contributed by atoms with Crippen molar-refractivity contribution in [3.8, 4) is 0 Å². The number of hydrogen-bond donors (Lipinski definition) is 1. The van der Waals surface area contributed by atoms with Crippen molar-refractivity contribution in [2.75, 3.05) is 19.6 Å². The van der Waals surface area contributed by atoms with Gasteiger partial charge in [-0.3, -0.25) is 4.79 Å². The molecule has 0 aromatic rings. The first-order chi connectivity index (χ1) is 9.01. The Morgan fingerprint density at radius 1 is 1.16 bits per heavy atom. The molecule has 0 heterocycles. The third kappa shape index (κ3) is 9.71. The molecule has 112 valence electrons. The Labute approximate surface area is 119 Å². The van der Waals surface area contributed by atoms with Crippen molar-refractivity contribution in [2.45, 2.75) is 65.8 Å². The van der Waals surface area contributed by atoms with Gasteiger partial charge in [0.1, 0.15) is 0 Å². The summed E-state index contributed by atoms with van der Waals surface area (Å²) in [6, 6.07) is 0.218. The van der Waals surface area contributed by atoms with Crippen molar-refractivity contribution in [3.63, 3.8) is 0 Å². The molecule has 0 bridgehead atoms. The van der Waals surface area contributed by atoms with Crippen LogP contribution in [0, 0.1) is 0 Å². The number of carbonyl (C=O) groups excluding carboxylic acids is 1. The molecule has 0 rings (SSSR count). The molecule has 0 aliphatic heterocycles. The van der Waals surface area contributed by atoms with E-state index in [2.05, 4.69) is 37.6 Å². The molecule has 0 aromatic heterocycles. The number of hydrogen-bond acceptors (Lipinski definition) is 2. The number of amides is 1. The van der Waals surface area contributed by atoms with Gasteiger partial charge in [-0.05, 0) is 46.2 Å². The number of nitrogens with one attached hydrogen (secondary N) is 1. The lowest BCUT2D eigenvalue weighted by Crippen LogP contribution is -2.37. The van der Waals surface area contributed by atoms with Crippen LogP contribution in [0.5, 0.6) is 0 Å². The zero-order valence-electron chi connectivity index (χ0n) is 13.3. The summed E-state index contributed by atoms with van der Waals surface area (Å²) in [5.41, 5.74) is 0.584. The lowest BCUT2D eigenvalue weighted by atomic mass is 10.2. The summed E-state index contributed by atoms with van der Waals surface area (Å²) in [5.74, 6) is -0.0267. The molecular formula is C16H32N2O. The van der Waals surface area contributed by atoms with E-state index in [1.165, 1.54) is 38.8 Å². The minimum atomic E-state index is -0.0267. The quantitative estimate of drug-likeness (QED) is 0.583. The van der Waals surface area contributed by atoms with Gasteiger partial charge in [0.15, 0.2) is 0 Å². The van der Waals surface area contributed by atoms with Gasteiger partial charge < -0.3 is 10.2 Å². The second-order valence-corrected chi connectivity index (χ2v) is 5.49. The van der Waals surface area contributed by atoms with Crippen molar-refractivity contribution in [1.29, 1.82) is 0 Å². The fourth-order valence-corrected chi connectivity index (χ4v) is 1.89. The fraction of sp³-hybridized carbons (Fsp3) is 0.812. The molecule has 0 fully saturated rings. The van der Waals surface area contributed by atoms with E-state index in [0.717, 1.165) is 13.0 Å². The summed E-state index contributed by atoms with van der Waals surface area (Å²) < 4.78 is 0. The first-order valence-corrected chi connectivity index (χ1v) is 7.69. The van der Waals surface area contributed by atoms with Crippen molar-refractivity contribution >= 4 is 5.91 Å². The zero-order valence-corrected chi connectivity index (χ0v) is 13.3. The zero-order chi connectivity index (χ0) is 14.7. The van der Waals surface area contributed by atoms with Gasteiger partial charge in [0.2, 0.25) is 5.91 Å². The highest BCUT2D eigenvalue weighted by Gasteiger charge is 2.10. The predicted octanol–water partition coefficient (Wildman–Crippen LogP) is 3.36. The van der Waals surface area contributed by atoms with Gasteiger partial charge in [0.05, 0.1) is 0 Å². The largest absolute Gasteiger partial charge is 0.350 e. The Hall–Kier alpha value is -0.830. The maximum Gasteiger partial charge on any atom is 0.246 e. The Morgan fingerprint density at radius 2 is 1.68 bits per heavy atom. The van der Waals surface area contributed by atoms with E-state index in [0.29, 0.717) is 5.57 Å². The second kappa shape index (κ2) is 11.0. The van der Waals surface area contributed by atoms with E-state index >= 15 is 0 Å². The van der Waals surface area contributed by atoms with E-state index in [9.17, 15) is 4.79 Å². The molecule has 1 amide bonds. The van der Waals surface area contributed by atoms with Crippen LogP contribution in [-0.2, 0) is 4.79 Å². The van der Waals surface area contributed by atoms with Crippen LogP contribution in [0.25, 0.3) is 0 Å². The maximum atomic E-state index is 11.5. The van der Waals surface area contributed by atoms with Crippen LogP contribution in [-0.4, -0.2) is 36.5 Å². The van der Waals surface area contributed by atoms with Crippen LogP contribution in [0.4, 0.5) is 0 Å². The molecule has 0 saturated carbocycles. The van der Waals surface area contributed by atoms with E-state index in [1.807, 2.05) is 0 Å². The van der Waals surface area contributed by atoms with E-state index < -0.39 is 0 Å². The predicted molar refractivity (Wildman–Crippen MR) is 83.3 cm³/mol. The molecule has 0 aliphatic rings. The Balaban J connectivity index is 3.99. The molecule has 0 saturated heterocycles. The maximum absolute atomic E-state index is 11.5. The highest BCUT2D eigenvalue weighted by atomic mass is 16.1. The van der Waals surface area contributed by atoms with Crippen molar-refractivity contribution < 1.29 is 4.79 Å². The third-order valence-electron chi connectivity index (χ3n) is 3.30. The topological polar surface area (TPSA) is 32.3 Å². The van der Waals surface area contributed by atoms with Gasteiger partial charge in [-0.1, -0.05) is 33.3 Å². The van der Waals surface area contributed by atoms with Gasteiger partial charge in [0, 0.05) is 18.2 Å². The molecular weight excluding hydrogens is 236 g/mol. The first-order valence-electron chi connectivity index (χ1n) is 7.69. The summed E-state index contributed by atoms with van der Waals surface area (Å²) in [5, 5.41) is 2.98. The van der Waals surface area contributed by atoms with E-state index in [1.54, 1.807) is 6.92 Å². The van der Waals surface area contributed by atoms with Gasteiger partial charge >= 0.3 is 0 Å². The highest BCUT2D eigenvalue weighted by molar-refractivity contribution is 5.92. The molecule has 3 heteroatoms. The molecule has 1 atom stereocenters. The van der Waals surface area contributed by atoms with Crippen molar-refractivity contribution in [3.05, 3.63) is 12.2 Å². The number of nitrogens with zero attached hydrogens (tertiary/aromatic N) is 1. The number of rotatable bonds is 11. The van der Waals surface area contributed by atoms with Crippen molar-refractivity contribution in [1.82, 2.24) is 10.2 Å². The van der Waals surface area contributed by atoms with Crippen LogP contribution in [0.15, 0.2) is 12.2 Å². The molecule has 0 spiro atoms. The average molecular weight is 268 g/mol. The van der Waals surface area contributed by atoms with E-state index in [4.69, 9.17) is 0 Å². The smallest absolute Gasteiger partial charge is 0.246 e. The monoisotopic (exact) mass is 268 g/mol. The molecule has 0 aromatic carbocycles. The van der Waals surface area contributed by atoms with Crippen LogP contribution >= 0.6 is 0 Å². The SMILES string of the molecule is C=C(C)C(=O)NC(C)CCN(CCCC)CCCC. The van der Waals surface area contributed by atoms with Crippen LogP contribution in [0.2, 0.25) is 0 Å². The standard InChI is InChI=1S/C16H32N2O/c1-6-8-11-18(12-9-7-2)13-10-15(5)17-16(19)14(3)4/h15H,3,6-13H2,1-2,4-5H3,(H,17,19). The summed E-state index contributed by atoms with van der Waals surface area (Å²) in [7, 11) is 0. The van der Waals surface area contributed by atoms with E-state index in [-0.39, 0.29) is 11.9 Å². The number of carbonyl (C=O) groups is 1. The minimum absolute atomic E-state index is 0.0267. The molecule has 0 aliphatic carbocycles.